The first-order chi connectivity index (χ1) is 4.74. The van der Waals surface area contributed by atoms with Crippen molar-refractivity contribution in [3.05, 3.63) is 0 Å². The molecule has 0 rings (SSSR count). The number of nitrogens with two attached hydrogens (primary N) is 1. The molecule has 2 nitrogen and oxygen atoms in total. The van der Waals surface area contributed by atoms with Crippen molar-refractivity contribution in [1.82, 2.24) is 0 Å². The SMILES string of the molecule is CC[C@@H](CN)CC(C)OC. The largest absolute Gasteiger partial charge is 0.382 e. The van der Waals surface area contributed by atoms with Crippen LogP contribution < -0.4 is 5.73 Å². The van der Waals surface area contributed by atoms with Crippen LogP contribution in [0.3, 0.4) is 0 Å². The van der Waals surface area contributed by atoms with Crippen molar-refractivity contribution in [3.8, 4) is 0 Å². The highest BCUT2D eigenvalue weighted by Crippen LogP contribution is 2.10. The van der Waals surface area contributed by atoms with Gasteiger partial charge in [0.05, 0.1) is 6.10 Å². The molecule has 0 amide bonds. The number of ether oxygens (including phenoxy) is 1. The van der Waals surface area contributed by atoms with Crippen LogP contribution in [0.4, 0.5) is 0 Å². The van der Waals surface area contributed by atoms with Gasteiger partial charge in [-0.05, 0) is 25.8 Å². The lowest BCUT2D eigenvalue weighted by atomic mass is 10.00. The van der Waals surface area contributed by atoms with Gasteiger partial charge in [0.1, 0.15) is 0 Å². The molecule has 0 heterocycles. The summed E-state index contributed by atoms with van der Waals surface area (Å²) in [7, 11) is 1.74. The highest BCUT2D eigenvalue weighted by atomic mass is 16.5. The predicted molar refractivity (Wildman–Crippen MR) is 43.9 cm³/mol. The fourth-order valence-electron chi connectivity index (χ4n) is 0.995. The third-order valence-electron chi connectivity index (χ3n) is 1.98. The Morgan fingerprint density at radius 3 is 2.40 bits per heavy atom. The molecule has 0 aromatic heterocycles. The summed E-state index contributed by atoms with van der Waals surface area (Å²) in [4.78, 5) is 0. The smallest absolute Gasteiger partial charge is 0.0546 e. The van der Waals surface area contributed by atoms with Gasteiger partial charge >= 0.3 is 0 Å². The molecule has 0 aliphatic heterocycles. The third-order valence-corrected chi connectivity index (χ3v) is 1.98. The van der Waals surface area contributed by atoms with Crippen LogP contribution in [0.2, 0.25) is 0 Å². The monoisotopic (exact) mass is 145 g/mol. The summed E-state index contributed by atoms with van der Waals surface area (Å²) in [6, 6.07) is 0. The van der Waals surface area contributed by atoms with Gasteiger partial charge in [0, 0.05) is 7.11 Å². The van der Waals surface area contributed by atoms with E-state index >= 15 is 0 Å². The van der Waals surface area contributed by atoms with E-state index in [9.17, 15) is 0 Å². The van der Waals surface area contributed by atoms with Gasteiger partial charge in [0.2, 0.25) is 0 Å². The quantitative estimate of drug-likeness (QED) is 0.634. The van der Waals surface area contributed by atoms with E-state index in [0.29, 0.717) is 12.0 Å². The van der Waals surface area contributed by atoms with Gasteiger partial charge in [0.15, 0.2) is 0 Å². The van der Waals surface area contributed by atoms with Crippen molar-refractivity contribution < 1.29 is 4.74 Å². The van der Waals surface area contributed by atoms with E-state index in [2.05, 4.69) is 13.8 Å². The van der Waals surface area contributed by atoms with Gasteiger partial charge in [-0.1, -0.05) is 13.3 Å². The molecule has 2 heteroatoms. The summed E-state index contributed by atoms with van der Waals surface area (Å²) in [5, 5.41) is 0. The van der Waals surface area contributed by atoms with Gasteiger partial charge in [0.25, 0.3) is 0 Å². The summed E-state index contributed by atoms with van der Waals surface area (Å²) in [5.74, 6) is 0.634. The maximum atomic E-state index is 5.53. The summed E-state index contributed by atoms with van der Waals surface area (Å²) in [6.07, 6.45) is 2.60. The van der Waals surface area contributed by atoms with E-state index < -0.39 is 0 Å². The molecule has 0 aromatic carbocycles. The van der Waals surface area contributed by atoms with Crippen LogP contribution in [0, 0.1) is 5.92 Å². The minimum absolute atomic E-state index is 0.355. The maximum Gasteiger partial charge on any atom is 0.0546 e. The van der Waals surface area contributed by atoms with Crippen molar-refractivity contribution in [2.45, 2.75) is 32.8 Å². The molecule has 2 atom stereocenters. The fourth-order valence-corrected chi connectivity index (χ4v) is 0.995. The van der Waals surface area contributed by atoms with E-state index in [0.717, 1.165) is 19.4 Å². The van der Waals surface area contributed by atoms with Gasteiger partial charge in [-0.15, -0.1) is 0 Å². The van der Waals surface area contributed by atoms with Gasteiger partial charge in [-0.3, -0.25) is 0 Å². The van der Waals surface area contributed by atoms with Crippen LogP contribution in [-0.2, 0) is 4.74 Å². The Morgan fingerprint density at radius 1 is 1.50 bits per heavy atom. The summed E-state index contributed by atoms with van der Waals surface area (Å²) in [5.41, 5.74) is 5.53. The molecule has 0 saturated heterocycles. The second-order valence-corrected chi connectivity index (χ2v) is 2.79. The van der Waals surface area contributed by atoms with E-state index in [1.54, 1.807) is 7.11 Å². The Bertz CT molecular complexity index is 71.7. The van der Waals surface area contributed by atoms with E-state index in [4.69, 9.17) is 10.5 Å². The molecule has 2 N–H and O–H groups in total. The van der Waals surface area contributed by atoms with E-state index in [1.165, 1.54) is 0 Å². The summed E-state index contributed by atoms with van der Waals surface area (Å²) < 4.78 is 5.13. The zero-order valence-corrected chi connectivity index (χ0v) is 7.26. The van der Waals surface area contributed by atoms with Crippen LogP contribution in [0.25, 0.3) is 0 Å². The second kappa shape index (κ2) is 5.69. The van der Waals surface area contributed by atoms with Crippen molar-refractivity contribution in [3.63, 3.8) is 0 Å². The molecular formula is C8H19NO. The lowest BCUT2D eigenvalue weighted by Crippen LogP contribution is -2.19. The average Bonchev–Trinajstić information content (AvgIpc) is 1.99. The molecule has 0 bridgehead atoms. The van der Waals surface area contributed by atoms with E-state index in [-0.39, 0.29) is 0 Å². The van der Waals surface area contributed by atoms with Gasteiger partial charge in [-0.2, -0.15) is 0 Å². The minimum atomic E-state index is 0.355. The standard InChI is InChI=1S/C8H19NO/c1-4-8(6-9)5-7(2)10-3/h7-8H,4-6,9H2,1-3H3/t7?,8-/m1/s1. The fraction of sp³-hybridized carbons (Fsp3) is 1.00. The molecule has 0 aliphatic rings. The van der Waals surface area contributed by atoms with Crippen LogP contribution in [0.15, 0.2) is 0 Å². The molecule has 0 fully saturated rings. The molecule has 62 valence electrons. The van der Waals surface area contributed by atoms with Crippen molar-refractivity contribution in [2.24, 2.45) is 11.7 Å². The van der Waals surface area contributed by atoms with Crippen LogP contribution in [-0.4, -0.2) is 19.8 Å². The first-order valence-electron chi connectivity index (χ1n) is 3.97. The molecule has 0 spiro atoms. The number of hydrogen-bond donors (Lipinski definition) is 1. The normalized spacial score (nSPS) is 16.8. The number of rotatable bonds is 5. The van der Waals surface area contributed by atoms with Crippen molar-refractivity contribution in [1.29, 1.82) is 0 Å². The van der Waals surface area contributed by atoms with Crippen molar-refractivity contribution in [2.75, 3.05) is 13.7 Å². The maximum absolute atomic E-state index is 5.53. The summed E-state index contributed by atoms with van der Waals surface area (Å²) in [6.45, 7) is 5.03. The lowest BCUT2D eigenvalue weighted by molar-refractivity contribution is 0.0953. The zero-order valence-electron chi connectivity index (χ0n) is 7.26. The predicted octanol–water partition coefficient (Wildman–Crippen LogP) is 1.40. The second-order valence-electron chi connectivity index (χ2n) is 2.79. The highest BCUT2D eigenvalue weighted by molar-refractivity contribution is 4.61. The van der Waals surface area contributed by atoms with Gasteiger partial charge < -0.3 is 10.5 Å². The lowest BCUT2D eigenvalue weighted by Gasteiger charge is -2.16. The Kier molecular flexibility index (Phi) is 5.64. The molecular weight excluding hydrogens is 126 g/mol. The van der Waals surface area contributed by atoms with E-state index in [1.807, 2.05) is 0 Å². The minimum Gasteiger partial charge on any atom is -0.382 e. The van der Waals surface area contributed by atoms with Crippen molar-refractivity contribution >= 4 is 0 Å². The first kappa shape index (κ1) is 9.92. The van der Waals surface area contributed by atoms with Crippen LogP contribution in [0.5, 0.6) is 0 Å². The zero-order chi connectivity index (χ0) is 7.98. The molecule has 0 aromatic rings. The van der Waals surface area contributed by atoms with Crippen LogP contribution in [0.1, 0.15) is 26.7 Å². The number of methoxy groups -OCH3 is 1. The third kappa shape index (κ3) is 3.85. The molecule has 10 heavy (non-hydrogen) atoms. The molecule has 0 aliphatic carbocycles. The molecule has 0 radical (unpaired) electrons. The Balaban J connectivity index is 3.41. The Hall–Kier alpha value is -0.0800. The molecule has 1 unspecified atom stereocenters. The number of hydrogen-bond acceptors (Lipinski definition) is 2. The Morgan fingerprint density at radius 2 is 2.10 bits per heavy atom. The average molecular weight is 145 g/mol. The first-order valence-corrected chi connectivity index (χ1v) is 3.97. The molecule has 0 saturated carbocycles. The highest BCUT2D eigenvalue weighted by Gasteiger charge is 2.08. The van der Waals surface area contributed by atoms with Gasteiger partial charge in [-0.25, -0.2) is 0 Å². The van der Waals surface area contributed by atoms with Crippen LogP contribution >= 0.6 is 0 Å². The summed E-state index contributed by atoms with van der Waals surface area (Å²) >= 11 is 0. The Labute approximate surface area is 63.7 Å². The topological polar surface area (TPSA) is 35.2 Å².